The molecule has 6 aromatic carbocycles. The zero-order valence-corrected chi connectivity index (χ0v) is 36.5. The fraction of sp³-hybridized carbons (Fsp3) is 0.321. The van der Waals surface area contributed by atoms with Gasteiger partial charge in [0.2, 0.25) is 0 Å². The van der Waals surface area contributed by atoms with E-state index in [9.17, 15) is 9.59 Å². The number of rotatable bonds is 20. The molecule has 0 saturated heterocycles. The van der Waals surface area contributed by atoms with Gasteiger partial charge in [-0.05, 0) is 144 Å². The van der Waals surface area contributed by atoms with Gasteiger partial charge in [-0.2, -0.15) is 0 Å². The second-order valence-electron chi connectivity index (χ2n) is 16.4. The van der Waals surface area contributed by atoms with Gasteiger partial charge in [-0.25, -0.2) is 9.59 Å². The molecule has 4 aliphatic rings. The summed E-state index contributed by atoms with van der Waals surface area (Å²) in [6.07, 6.45) is 14.7. The second kappa shape index (κ2) is 22.6. The van der Waals surface area contributed by atoms with Gasteiger partial charge in [0, 0.05) is 0 Å². The topological polar surface area (TPSA) is 71.1 Å². The molecular formula is C56H60O6. The zero-order chi connectivity index (χ0) is 42.9. The minimum absolute atomic E-state index is 0.374. The first-order chi connectivity index (χ1) is 30.4. The van der Waals surface area contributed by atoms with E-state index in [0.29, 0.717) is 48.3 Å². The van der Waals surface area contributed by atoms with Gasteiger partial charge in [-0.3, -0.25) is 0 Å². The summed E-state index contributed by atoms with van der Waals surface area (Å²) in [4.78, 5) is 27.4. The fourth-order valence-electron chi connectivity index (χ4n) is 7.97. The Hall–Kier alpha value is -6.14. The maximum atomic E-state index is 13.7. The molecule has 0 fully saturated rings. The molecule has 0 aliphatic heterocycles. The molecule has 320 valence electrons. The summed E-state index contributed by atoms with van der Waals surface area (Å²) < 4.78 is 23.8. The smallest absolute Gasteiger partial charge is 0.343 e. The highest BCUT2D eigenvalue weighted by Gasteiger charge is 2.20. The van der Waals surface area contributed by atoms with Crippen molar-refractivity contribution in [1.29, 1.82) is 0 Å². The van der Waals surface area contributed by atoms with Gasteiger partial charge >= 0.3 is 11.9 Å². The van der Waals surface area contributed by atoms with Crippen LogP contribution in [0.15, 0.2) is 133 Å². The molecule has 0 spiro atoms. The van der Waals surface area contributed by atoms with Crippen LogP contribution in [0.4, 0.5) is 0 Å². The van der Waals surface area contributed by atoms with Crippen LogP contribution in [0, 0.1) is 0 Å². The lowest BCUT2D eigenvalue weighted by atomic mass is 9.91. The van der Waals surface area contributed by atoms with Gasteiger partial charge in [0.05, 0.1) is 24.3 Å². The molecule has 0 heterocycles. The Morgan fingerprint density at radius 3 is 1.08 bits per heavy atom. The number of esters is 2. The first-order valence-corrected chi connectivity index (χ1v) is 22.8. The molecule has 0 amide bonds. The summed E-state index contributed by atoms with van der Waals surface area (Å²) in [5.74, 6) is 2.00. The van der Waals surface area contributed by atoms with Crippen molar-refractivity contribution in [2.45, 2.75) is 104 Å². The van der Waals surface area contributed by atoms with Crippen molar-refractivity contribution in [3.8, 4) is 45.3 Å². The number of aryl methyl sites for hydroxylation is 4. The molecule has 0 atom stereocenters. The SMILES string of the molecule is CCCCCCCOc1ccc(-c2ccc(OC(=O)c3cc4ccc3CCc3ccc(c(C(=O)Oc5ccc(-c6ccc(OCCCCCCC)cc6)cc5)c3)CC4)cc2)cc1. The van der Waals surface area contributed by atoms with Crippen LogP contribution >= 0.6 is 0 Å². The third-order valence-electron chi connectivity index (χ3n) is 11.7. The summed E-state index contributed by atoms with van der Waals surface area (Å²) in [6.45, 7) is 5.93. The van der Waals surface area contributed by atoms with Gasteiger partial charge in [0.1, 0.15) is 23.0 Å². The van der Waals surface area contributed by atoms with Crippen molar-refractivity contribution in [3.05, 3.63) is 167 Å². The van der Waals surface area contributed by atoms with E-state index in [1.54, 1.807) is 0 Å². The maximum absolute atomic E-state index is 13.7. The maximum Gasteiger partial charge on any atom is 0.343 e. The van der Waals surface area contributed by atoms with Crippen LogP contribution in [-0.4, -0.2) is 25.2 Å². The first kappa shape index (κ1) is 43.9. The lowest BCUT2D eigenvalue weighted by molar-refractivity contribution is 0.0724. The number of carbonyl (C=O) groups excluding carboxylic acids is 2. The van der Waals surface area contributed by atoms with Gasteiger partial charge in [-0.15, -0.1) is 0 Å². The monoisotopic (exact) mass is 828 g/mol. The summed E-state index contributed by atoms with van der Waals surface area (Å²) in [7, 11) is 0. The van der Waals surface area contributed by atoms with Crippen LogP contribution in [-0.2, 0) is 25.7 Å². The van der Waals surface area contributed by atoms with E-state index in [2.05, 4.69) is 50.2 Å². The molecule has 6 nitrogen and oxygen atoms in total. The van der Waals surface area contributed by atoms with Crippen LogP contribution in [0.3, 0.4) is 0 Å². The molecular weight excluding hydrogens is 769 g/mol. The van der Waals surface area contributed by atoms with E-state index in [4.69, 9.17) is 18.9 Å². The minimum Gasteiger partial charge on any atom is -0.494 e. The summed E-state index contributed by atoms with van der Waals surface area (Å²) in [5.41, 5.74) is 9.17. The van der Waals surface area contributed by atoms with Crippen LogP contribution in [0.1, 0.15) is 121 Å². The van der Waals surface area contributed by atoms with Gasteiger partial charge < -0.3 is 18.9 Å². The van der Waals surface area contributed by atoms with Crippen molar-refractivity contribution in [2.75, 3.05) is 13.2 Å². The second-order valence-corrected chi connectivity index (χ2v) is 16.4. The molecule has 4 bridgehead atoms. The molecule has 0 saturated carbocycles. The van der Waals surface area contributed by atoms with E-state index in [1.807, 2.05) is 97.1 Å². The normalized spacial score (nSPS) is 12.0. The molecule has 0 N–H and O–H groups in total. The fourth-order valence-corrected chi connectivity index (χ4v) is 7.97. The average molecular weight is 829 g/mol. The van der Waals surface area contributed by atoms with Gasteiger partial charge in [0.15, 0.2) is 0 Å². The van der Waals surface area contributed by atoms with Crippen LogP contribution in [0.5, 0.6) is 23.0 Å². The summed E-state index contributed by atoms with van der Waals surface area (Å²) in [6, 6.07) is 43.7. The zero-order valence-electron chi connectivity index (χ0n) is 36.5. The van der Waals surface area contributed by atoms with Crippen LogP contribution in [0.25, 0.3) is 22.3 Å². The predicted octanol–water partition coefficient (Wildman–Crippen LogP) is 14.0. The molecule has 62 heavy (non-hydrogen) atoms. The highest BCUT2D eigenvalue weighted by molar-refractivity contribution is 5.94. The average Bonchev–Trinajstić information content (AvgIpc) is 3.30. The van der Waals surface area contributed by atoms with E-state index >= 15 is 0 Å². The lowest BCUT2D eigenvalue weighted by Gasteiger charge is -2.16. The van der Waals surface area contributed by atoms with E-state index in [-0.39, 0.29) is 11.9 Å². The van der Waals surface area contributed by atoms with Crippen molar-refractivity contribution in [3.63, 3.8) is 0 Å². The number of ether oxygens (including phenoxy) is 4. The predicted molar refractivity (Wildman–Crippen MR) is 250 cm³/mol. The summed E-state index contributed by atoms with van der Waals surface area (Å²) in [5, 5.41) is 0. The Morgan fingerprint density at radius 1 is 0.387 bits per heavy atom. The molecule has 6 heteroatoms. The number of unbranched alkanes of at least 4 members (excludes halogenated alkanes) is 8. The standard InChI is InChI=1S/C56H60O6/c1-3-5-7-9-11-37-59-49-29-21-43(22-30-49)45-25-33-51(34-26-45)61-55(57)53-39-41-13-17-47(53)19-15-42-14-18-48(20-16-41)54(40-42)56(58)62-52-35-27-46(28-36-52)44-23-31-50(32-24-44)60-38-12-10-8-6-4-2/h13-14,17-18,21-36,39-40H,3-12,15-16,19-20,37-38H2,1-2H3. The molecule has 0 radical (unpaired) electrons. The Kier molecular flexibility index (Phi) is 16.0. The third kappa shape index (κ3) is 12.5. The van der Waals surface area contributed by atoms with E-state index in [1.165, 1.54) is 51.4 Å². The number of hydrogen-bond acceptors (Lipinski definition) is 6. The number of benzene rings is 6. The Labute approximate surface area is 368 Å². The third-order valence-corrected chi connectivity index (χ3v) is 11.7. The highest BCUT2D eigenvalue weighted by atomic mass is 16.5. The van der Waals surface area contributed by atoms with Crippen molar-refractivity contribution in [2.24, 2.45) is 0 Å². The minimum atomic E-state index is -0.374. The first-order valence-electron chi connectivity index (χ1n) is 22.8. The molecule has 0 unspecified atom stereocenters. The molecule has 4 aliphatic carbocycles. The lowest BCUT2D eigenvalue weighted by Crippen LogP contribution is -2.15. The van der Waals surface area contributed by atoms with Crippen molar-refractivity contribution >= 4 is 11.9 Å². The van der Waals surface area contributed by atoms with Gasteiger partial charge in [-0.1, -0.05) is 138 Å². The molecule has 10 rings (SSSR count). The van der Waals surface area contributed by atoms with Crippen molar-refractivity contribution < 1.29 is 28.5 Å². The quantitative estimate of drug-likeness (QED) is 0.0434. The van der Waals surface area contributed by atoms with Gasteiger partial charge in [0.25, 0.3) is 0 Å². The van der Waals surface area contributed by atoms with Crippen LogP contribution in [0.2, 0.25) is 0 Å². The molecule has 0 aromatic heterocycles. The number of hydrogen-bond donors (Lipinski definition) is 0. The Morgan fingerprint density at radius 2 is 0.726 bits per heavy atom. The summed E-state index contributed by atoms with van der Waals surface area (Å²) >= 11 is 0. The van der Waals surface area contributed by atoms with Crippen molar-refractivity contribution in [1.82, 2.24) is 0 Å². The van der Waals surface area contributed by atoms with Crippen LogP contribution < -0.4 is 18.9 Å². The Balaban J connectivity index is 0.932. The number of carbonyl (C=O) groups is 2. The Bertz CT molecular complexity index is 2180. The molecule has 6 aromatic rings. The highest BCUT2D eigenvalue weighted by Crippen LogP contribution is 2.29. The van der Waals surface area contributed by atoms with E-state index in [0.717, 1.165) is 82.1 Å². The van der Waals surface area contributed by atoms with E-state index < -0.39 is 0 Å². The largest absolute Gasteiger partial charge is 0.494 e.